The summed E-state index contributed by atoms with van der Waals surface area (Å²) in [6.07, 6.45) is 1.77. The van der Waals surface area contributed by atoms with E-state index in [9.17, 15) is 18.8 Å². The average molecular weight is 451 g/mol. The summed E-state index contributed by atoms with van der Waals surface area (Å²) in [6.45, 7) is 3.48. The zero-order chi connectivity index (χ0) is 18.1. The third kappa shape index (κ3) is 2.00. The Labute approximate surface area is 157 Å². The lowest BCUT2D eigenvalue weighted by Crippen LogP contribution is -2.51. The number of nitrogens with zero attached hydrogens (tertiary/aromatic N) is 1. The molecule has 1 saturated heterocycles. The zero-order valence-electron chi connectivity index (χ0n) is 13.7. The number of allylic oxidation sites excluding steroid dienone is 1. The summed E-state index contributed by atoms with van der Waals surface area (Å²) in [7, 11) is 0. The molecule has 1 fully saturated rings. The fraction of sp³-hybridized carbons (Fsp3) is 0.316. The maximum atomic E-state index is 13.4. The lowest BCUT2D eigenvalue weighted by Gasteiger charge is -2.41. The Morgan fingerprint density at radius 1 is 1.20 bits per heavy atom. The molecule has 1 spiro atoms. The van der Waals surface area contributed by atoms with Crippen molar-refractivity contribution in [1.29, 1.82) is 0 Å². The lowest BCUT2D eigenvalue weighted by molar-refractivity contribution is -0.129. The van der Waals surface area contributed by atoms with E-state index in [1.807, 2.05) is 22.6 Å². The summed E-state index contributed by atoms with van der Waals surface area (Å²) in [6, 6.07) is 5.93. The molecule has 0 unspecified atom stereocenters. The fourth-order valence-electron chi connectivity index (χ4n) is 4.52. The van der Waals surface area contributed by atoms with Crippen molar-refractivity contribution in [3.8, 4) is 0 Å². The van der Waals surface area contributed by atoms with Crippen molar-refractivity contribution in [2.45, 2.75) is 19.4 Å². The molecule has 128 valence electrons. The van der Waals surface area contributed by atoms with Crippen molar-refractivity contribution in [2.75, 3.05) is 6.54 Å². The monoisotopic (exact) mass is 451 g/mol. The van der Waals surface area contributed by atoms with Crippen LogP contribution in [0.15, 0.2) is 39.5 Å². The molecule has 1 aromatic rings. The minimum absolute atomic E-state index is 0.00208. The molecular formula is C19H15FINO3. The molecule has 1 amide bonds. The summed E-state index contributed by atoms with van der Waals surface area (Å²) in [5.74, 6) is -1.81. The smallest absolute Gasteiger partial charge is 0.261 e. The molecule has 2 aliphatic heterocycles. The van der Waals surface area contributed by atoms with Crippen LogP contribution in [0.1, 0.15) is 19.4 Å². The van der Waals surface area contributed by atoms with Gasteiger partial charge < -0.3 is 4.90 Å². The Hall–Kier alpha value is -1.83. The molecule has 0 radical (unpaired) electrons. The van der Waals surface area contributed by atoms with Gasteiger partial charge in [-0.05, 0) is 58.9 Å². The van der Waals surface area contributed by atoms with Crippen LogP contribution in [-0.2, 0) is 14.4 Å². The SMILES string of the molecule is CC1=C[C@]23C(c4ccc(F)cc4)=C(I)C(=O)N2CC(=O)[C@@H]3[C@@H](C)C1=O. The average Bonchev–Trinajstić information content (AvgIpc) is 2.96. The molecule has 3 aliphatic rings. The van der Waals surface area contributed by atoms with Crippen LogP contribution in [0.4, 0.5) is 4.39 Å². The third-order valence-electron chi connectivity index (χ3n) is 5.51. The van der Waals surface area contributed by atoms with Gasteiger partial charge in [-0.3, -0.25) is 14.4 Å². The van der Waals surface area contributed by atoms with Crippen molar-refractivity contribution in [1.82, 2.24) is 4.90 Å². The van der Waals surface area contributed by atoms with E-state index in [0.717, 1.165) is 0 Å². The quantitative estimate of drug-likeness (QED) is 0.618. The van der Waals surface area contributed by atoms with E-state index in [0.29, 0.717) is 20.3 Å². The molecule has 0 aromatic heterocycles. The number of rotatable bonds is 1. The summed E-state index contributed by atoms with van der Waals surface area (Å²) >= 11 is 2.00. The first-order valence-corrected chi connectivity index (χ1v) is 9.11. The molecule has 0 N–H and O–H groups in total. The number of hydrogen-bond acceptors (Lipinski definition) is 3. The Kier molecular flexibility index (Phi) is 3.55. The second kappa shape index (κ2) is 5.33. The normalized spacial score (nSPS) is 31.4. The first kappa shape index (κ1) is 16.6. The van der Waals surface area contributed by atoms with E-state index >= 15 is 0 Å². The van der Waals surface area contributed by atoms with Crippen LogP contribution >= 0.6 is 22.6 Å². The molecule has 3 atom stereocenters. The number of carbonyl (C=O) groups is 3. The molecule has 6 heteroatoms. The van der Waals surface area contributed by atoms with Crippen molar-refractivity contribution >= 4 is 45.6 Å². The van der Waals surface area contributed by atoms with Gasteiger partial charge in [-0.15, -0.1) is 0 Å². The van der Waals surface area contributed by atoms with Crippen LogP contribution < -0.4 is 0 Å². The van der Waals surface area contributed by atoms with Gasteiger partial charge in [0.1, 0.15) is 11.4 Å². The third-order valence-corrected chi connectivity index (χ3v) is 6.51. The fourth-order valence-corrected chi connectivity index (χ4v) is 5.55. The van der Waals surface area contributed by atoms with Crippen LogP contribution in [0.5, 0.6) is 0 Å². The van der Waals surface area contributed by atoms with Gasteiger partial charge in [-0.1, -0.05) is 19.1 Å². The Morgan fingerprint density at radius 2 is 1.84 bits per heavy atom. The highest BCUT2D eigenvalue weighted by atomic mass is 127. The van der Waals surface area contributed by atoms with E-state index in [1.54, 1.807) is 37.0 Å². The molecule has 0 saturated carbocycles. The van der Waals surface area contributed by atoms with Gasteiger partial charge in [0.25, 0.3) is 5.91 Å². The Bertz CT molecular complexity index is 902. The molecule has 1 aromatic carbocycles. The van der Waals surface area contributed by atoms with Crippen molar-refractivity contribution in [3.63, 3.8) is 0 Å². The number of carbonyl (C=O) groups excluding carboxylic acids is 3. The number of halogens is 2. The van der Waals surface area contributed by atoms with Gasteiger partial charge in [0.2, 0.25) is 0 Å². The summed E-state index contributed by atoms with van der Waals surface area (Å²) in [4.78, 5) is 39.6. The van der Waals surface area contributed by atoms with Gasteiger partial charge >= 0.3 is 0 Å². The van der Waals surface area contributed by atoms with Crippen LogP contribution in [0.2, 0.25) is 0 Å². The summed E-state index contributed by atoms with van der Waals surface area (Å²) in [5, 5.41) is 0. The largest absolute Gasteiger partial charge is 0.317 e. The molecule has 25 heavy (non-hydrogen) atoms. The molecular weight excluding hydrogens is 436 g/mol. The van der Waals surface area contributed by atoms with E-state index in [2.05, 4.69) is 0 Å². The zero-order valence-corrected chi connectivity index (χ0v) is 15.8. The van der Waals surface area contributed by atoms with Crippen LogP contribution in [0, 0.1) is 17.7 Å². The predicted molar refractivity (Wildman–Crippen MR) is 98.2 cm³/mol. The van der Waals surface area contributed by atoms with Gasteiger partial charge in [0.15, 0.2) is 11.6 Å². The maximum absolute atomic E-state index is 13.4. The number of ketones is 2. The Morgan fingerprint density at radius 3 is 2.48 bits per heavy atom. The van der Waals surface area contributed by atoms with E-state index < -0.39 is 17.4 Å². The number of benzene rings is 1. The van der Waals surface area contributed by atoms with Crippen LogP contribution in [0.3, 0.4) is 0 Å². The van der Waals surface area contributed by atoms with E-state index in [1.165, 1.54) is 12.1 Å². The van der Waals surface area contributed by atoms with Gasteiger partial charge in [-0.2, -0.15) is 0 Å². The molecule has 4 nitrogen and oxygen atoms in total. The van der Waals surface area contributed by atoms with Crippen molar-refractivity contribution < 1.29 is 18.8 Å². The minimum atomic E-state index is -0.945. The predicted octanol–water partition coefficient (Wildman–Crippen LogP) is 2.92. The lowest BCUT2D eigenvalue weighted by atomic mass is 9.65. The highest BCUT2D eigenvalue weighted by molar-refractivity contribution is 14.1. The second-order valence-corrected chi connectivity index (χ2v) is 7.92. The first-order chi connectivity index (χ1) is 11.8. The first-order valence-electron chi connectivity index (χ1n) is 8.03. The van der Waals surface area contributed by atoms with Crippen LogP contribution in [0.25, 0.3) is 5.57 Å². The Balaban J connectivity index is 2.03. The molecule has 1 aliphatic carbocycles. The standard InChI is InChI=1S/C19H15FINO3/c1-9-7-19-14(10(2)17(9)24)13(23)8-22(19)18(25)16(21)15(19)11-3-5-12(20)6-4-11/h3-7,10,14H,8H2,1-2H3/t10-,14+,19+/m1/s1. The van der Waals surface area contributed by atoms with Gasteiger partial charge in [0, 0.05) is 11.5 Å². The highest BCUT2D eigenvalue weighted by Gasteiger charge is 2.65. The number of amides is 1. The van der Waals surface area contributed by atoms with E-state index in [-0.39, 0.29) is 29.8 Å². The highest BCUT2D eigenvalue weighted by Crippen LogP contribution is 2.56. The summed E-state index contributed by atoms with van der Waals surface area (Å²) in [5.41, 5.74) is 1.02. The number of hydrogen-bond donors (Lipinski definition) is 0. The topological polar surface area (TPSA) is 54.5 Å². The molecule has 4 rings (SSSR count). The van der Waals surface area contributed by atoms with Gasteiger partial charge in [-0.25, -0.2) is 4.39 Å². The molecule has 0 bridgehead atoms. The van der Waals surface area contributed by atoms with E-state index in [4.69, 9.17) is 0 Å². The van der Waals surface area contributed by atoms with Gasteiger partial charge in [0.05, 0.1) is 16.0 Å². The van der Waals surface area contributed by atoms with Crippen LogP contribution in [-0.4, -0.2) is 34.5 Å². The summed E-state index contributed by atoms with van der Waals surface area (Å²) < 4.78 is 13.9. The maximum Gasteiger partial charge on any atom is 0.261 e. The van der Waals surface area contributed by atoms with Crippen molar-refractivity contribution in [2.24, 2.45) is 11.8 Å². The minimum Gasteiger partial charge on any atom is -0.317 e. The van der Waals surface area contributed by atoms with Crippen molar-refractivity contribution in [3.05, 3.63) is 50.9 Å². The number of Topliss-reactive ketones (excluding diaryl/α,β-unsaturated/α-hetero) is 2. The second-order valence-electron chi connectivity index (χ2n) is 6.84. The molecule has 2 heterocycles.